The van der Waals surface area contributed by atoms with Crippen molar-refractivity contribution < 1.29 is 19.0 Å². The summed E-state index contributed by atoms with van der Waals surface area (Å²) in [6.45, 7) is 5.55. The van der Waals surface area contributed by atoms with Gasteiger partial charge in [-0.05, 0) is 70.2 Å². The highest BCUT2D eigenvalue weighted by Crippen LogP contribution is 2.39. The molecular weight excluding hydrogens is 426 g/mol. The number of amides is 1. The molecule has 8 heteroatoms. The predicted molar refractivity (Wildman–Crippen MR) is 130 cm³/mol. The molecule has 0 saturated carbocycles. The Kier molecular flexibility index (Phi) is 7.58. The summed E-state index contributed by atoms with van der Waals surface area (Å²) in [6.07, 6.45) is 0.817. The molecule has 0 bridgehead atoms. The second kappa shape index (κ2) is 10.2. The molecule has 1 amide bonds. The SMILES string of the molecule is COc1cc(C(=O)N(CCCN(C)C)c2nc3cc(C)cc(C)c3s2)cc(OC)c1OC. The van der Waals surface area contributed by atoms with Crippen LogP contribution in [0.2, 0.25) is 0 Å². The van der Waals surface area contributed by atoms with Crippen molar-refractivity contribution >= 4 is 32.6 Å². The minimum atomic E-state index is -0.156. The summed E-state index contributed by atoms with van der Waals surface area (Å²) in [5.74, 6) is 1.19. The van der Waals surface area contributed by atoms with Gasteiger partial charge in [0.1, 0.15) is 0 Å². The molecule has 0 spiro atoms. The highest BCUT2D eigenvalue weighted by Gasteiger charge is 2.25. The van der Waals surface area contributed by atoms with Gasteiger partial charge in [0.05, 0.1) is 31.5 Å². The molecule has 0 fully saturated rings. The molecule has 1 heterocycles. The summed E-state index contributed by atoms with van der Waals surface area (Å²) in [7, 11) is 8.67. The van der Waals surface area contributed by atoms with E-state index in [1.165, 1.54) is 0 Å². The Bertz CT molecular complexity index is 1090. The van der Waals surface area contributed by atoms with Gasteiger partial charge in [0.25, 0.3) is 5.91 Å². The molecule has 3 aromatic rings. The average molecular weight is 458 g/mol. The zero-order valence-corrected chi connectivity index (χ0v) is 20.6. The molecule has 7 nitrogen and oxygen atoms in total. The minimum absolute atomic E-state index is 0.156. The number of rotatable bonds is 9. The lowest BCUT2D eigenvalue weighted by atomic mass is 10.1. The van der Waals surface area contributed by atoms with Gasteiger partial charge in [0, 0.05) is 12.1 Å². The molecule has 0 N–H and O–H groups in total. The van der Waals surface area contributed by atoms with Crippen molar-refractivity contribution in [2.75, 3.05) is 53.4 Å². The van der Waals surface area contributed by atoms with Crippen LogP contribution >= 0.6 is 11.3 Å². The van der Waals surface area contributed by atoms with Crippen LogP contribution in [0.15, 0.2) is 24.3 Å². The lowest BCUT2D eigenvalue weighted by Crippen LogP contribution is -2.33. The fourth-order valence-corrected chi connectivity index (χ4v) is 4.71. The summed E-state index contributed by atoms with van der Waals surface area (Å²) in [5.41, 5.74) is 3.69. The standard InChI is InChI=1S/C24H31N3O4S/c1-15-11-16(2)22-18(12-15)25-24(32-22)27(10-8-9-26(3)4)23(28)17-13-19(29-5)21(31-7)20(14-17)30-6/h11-14H,8-10H2,1-7H3. The molecule has 0 atom stereocenters. The van der Waals surface area contributed by atoms with E-state index in [1.807, 2.05) is 14.1 Å². The maximum atomic E-state index is 13.7. The quantitative estimate of drug-likeness (QED) is 0.470. The van der Waals surface area contributed by atoms with E-state index in [1.54, 1.807) is 49.7 Å². The van der Waals surface area contributed by atoms with E-state index in [2.05, 4.69) is 30.9 Å². The van der Waals surface area contributed by atoms with Crippen molar-refractivity contribution in [2.24, 2.45) is 0 Å². The van der Waals surface area contributed by atoms with E-state index < -0.39 is 0 Å². The third-order valence-electron chi connectivity index (χ3n) is 5.18. The van der Waals surface area contributed by atoms with Gasteiger partial charge in [-0.25, -0.2) is 4.98 Å². The van der Waals surface area contributed by atoms with Crippen LogP contribution in [0.1, 0.15) is 27.9 Å². The van der Waals surface area contributed by atoms with E-state index in [9.17, 15) is 4.79 Å². The molecule has 172 valence electrons. The molecule has 0 saturated heterocycles. The van der Waals surface area contributed by atoms with Crippen molar-refractivity contribution in [3.8, 4) is 17.2 Å². The van der Waals surface area contributed by atoms with Crippen LogP contribution in [0, 0.1) is 13.8 Å². The van der Waals surface area contributed by atoms with Gasteiger partial charge < -0.3 is 19.1 Å². The molecule has 0 aliphatic rings. The first-order valence-corrected chi connectivity index (χ1v) is 11.2. The Morgan fingerprint density at radius 1 is 0.969 bits per heavy atom. The number of carbonyl (C=O) groups is 1. The van der Waals surface area contributed by atoms with Crippen molar-refractivity contribution in [1.29, 1.82) is 0 Å². The molecule has 0 unspecified atom stereocenters. The molecule has 0 radical (unpaired) electrons. The first kappa shape index (κ1) is 23.8. The lowest BCUT2D eigenvalue weighted by molar-refractivity contribution is 0.0985. The summed E-state index contributed by atoms with van der Waals surface area (Å²) < 4.78 is 17.4. The molecule has 3 rings (SSSR count). The fraction of sp³-hybridized carbons (Fsp3) is 0.417. The smallest absolute Gasteiger partial charge is 0.260 e. The molecule has 32 heavy (non-hydrogen) atoms. The van der Waals surface area contributed by atoms with E-state index in [0.29, 0.717) is 34.5 Å². The van der Waals surface area contributed by atoms with E-state index in [-0.39, 0.29) is 5.91 Å². The summed E-state index contributed by atoms with van der Waals surface area (Å²) in [4.78, 5) is 22.4. The second-order valence-corrected chi connectivity index (χ2v) is 8.93. The Morgan fingerprint density at radius 2 is 1.62 bits per heavy atom. The first-order chi connectivity index (χ1) is 15.3. The number of methoxy groups -OCH3 is 3. The van der Waals surface area contributed by atoms with Crippen LogP contribution in [0.4, 0.5) is 5.13 Å². The Labute approximate surface area is 193 Å². The number of fused-ring (bicyclic) bond motifs is 1. The number of hydrogen-bond donors (Lipinski definition) is 0. The van der Waals surface area contributed by atoms with Gasteiger partial charge in [-0.1, -0.05) is 17.4 Å². The molecule has 2 aromatic carbocycles. The number of nitrogens with zero attached hydrogens (tertiary/aromatic N) is 3. The number of aromatic nitrogens is 1. The second-order valence-electron chi connectivity index (χ2n) is 7.95. The van der Waals surface area contributed by atoms with Gasteiger partial charge in [0.15, 0.2) is 16.6 Å². The van der Waals surface area contributed by atoms with Crippen molar-refractivity contribution in [3.05, 3.63) is 41.0 Å². The van der Waals surface area contributed by atoms with Gasteiger partial charge in [-0.2, -0.15) is 0 Å². The Morgan fingerprint density at radius 3 is 2.19 bits per heavy atom. The van der Waals surface area contributed by atoms with E-state index >= 15 is 0 Å². The normalized spacial score (nSPS) is 11.1. The topological polar surface area (TPSA) is 64.1 Å². The summed E-state index contributed by atoms with van der Waals surface area (Å²) in [6, 6.07) is 7.57. The van der Waals surface area contributed by atoms with E-state index in [4.69, 9.17) is 19.2 Å². The summed E-state index contributed by atoms with van der Waals surface area (Å²) in [5, 5.41) is 0.686. The predicted octanol–water partition coefficient (Wildman–Crippen LogP) is 4.54. The molecule has 0 aliphatic heterocycles. The highest BCUT2D eigenvalue weighted by molar-refractivity contribution is 7.22. The largest absolute Gasteiger partial charge is 0.493 e. The number of carbonyl (C=O) groups excluding carboxylic acids is 1. The number of ether oxygens (including phenoxy) is 3. The van der Waals surface area contributed by atoms with Crippen LogP contribution < -0.4 is 19.1 Å². The van der Waals surface area contributed by atoms with Gasteiger partial charge in [-0.3, -0.25) is 9.69 Å². The average Bonchev–Trinajstić information content (AvgIpc) is 3.18. The number of anilines is 1. The van der Waals surface area contributed by atoms with Crippen LogP contribution in [-0.2, 0) is 0 Å². The van der Waals surface area contributed by atoms with Crippen molar-refractivity contribution in [1.82, 2.24) is 9.88 Å². The van der Waals surface area contributed by atoms with Crippen molar-refractivity contribution in [2.45, 2.75) is 20.3 Å². The zero-order valence-electron chi connectivity index (χ0n) is 19.8. The maximum Gasteiger partial charge on any atom is 0.260 e. The number of thiazole rings is 1. The number of hydrogen-bond acceptors (Lipinski definition) is 7. The maximum absolute atomic E-state index is 13.7. The van der Waals surface area contributed by atoms with Gasteiger partial charge in [-0.15, -0.1) is 0 Å². The van der Waals surface area contributed by atoms with Gasteiger partial charge in [0.2, 0.25) is 5.75 Å². The minimum Gasteiger partial charge on any atom is -0.493 e. The summed E-state index contributed by atoms with van der Waals surface area (Å²) >= 11 is 1.54. The third-order valence-corrected chi connectivity index (χ3v) is 6.41. The Balaban J connectivity index is 2.06. The van der Waals surface area contributed by atoms with Crippen LogP contribution in [0.5, 0.6) is 17.2 Å². The monoisotopic (exact) mass is 457 g/mol. The number of aryl methyl sites for hydroxylation is 2. The number of benzene rings is 2. The zero-order chi connectivity index (χ0) is 23.4. The van der Waals surface area contributed by atoms with Crippen LogP contribution in [-0.4, -0.2) is 64.3 Å². The van der Waals surface area contributed by atoms with Crippen LogP contribution in [0.3, 0.4) is 0 Å². The molecule has 0 aliphatic carbocycles. The molecular formula is C24H31N3O4S. The van der Waals surface area contributed by atoms with E-state index in [0.717, 1.165) is 34.3 Å². The van der Waals surface area contributed by atoms with Gasteiger partial charge >= 0.3 is 0 Å². The van der Waals surface area contributed by atoms with Crippen molar-refractivity contribution in [3.63, 3.8) is 0 Å². The first-order valence-electron chi connectivity index (χ1n) is 10.4. The van der Waals surface area contributed by atoms with Crippen LogP contribution in [0.25, 0.3) is 10.2 Å². The Hall–Kier alpha value is -2.84. The molecule has 1 aromatic heterocycles. The lowest BCUT2D eigenvalue weighted by Gasteiger charge is -2.22. The highest BCUT2D eigenvalue weighted by atomic mass is 32.1. The fourth-order valence-electron chi connectivity index (χ4n) is 3.67. The third kappa shape index (κ3) is 4.97.